The molecule has 0 unspecified atom stereocenters. The van der Waals surface area contributed by atoms with E-state index in [-0.39, 0.29) is 0 Å². The minimum absolute atomic E-state index is 1.06. The minimum Gasteiger partial charge on any atom is -0.311 e. The van der Waals surface area contributed by atoms with Gasteiger partial charge in [-0.3, -0.25) is 0 Å². The number of rotatable bonds is 16. The maximum absolute atomic E-state index is 2.32. The average Bonchev–Trinajstić information content (AvgIpc) is 3.59. The van der Waals surface area contributed by atoms with Crippen LogP contribution in [0.15, 0.2) is 340 Å². The Morgan fingerprint density at radius 1 is 0.128 bits per heavy atom. The minimum atomic E-state index is 1.06. The third-order valence-electron chi connectivity index (χ3n) is 14.0. The van der Waals surface area contributed by atoms with Crippen LogP contribution in [0.5, 0.6) is 0 Å². The zero-order chi connectivity index (χ0) is 52.3. The SMILES string of the molecule is c1ccc(N(c2ccccc2)c2ccc(C(=C(c3ccc(N(c4ccccc4)c4ccccc4)cc3)c3ccc(N(c4ccccc4)c4ccccc4)cc3)c3ccc(N(c4ccccc4)c4ccccc4)cc3)cc2)cc1. The summed E-state index contributed by atoms with van der Waals surface area (Å²) < 4.78 is 0. The van der Waals surface area contributed by atoms with Gasteiger partial charge in [-0.05, 0) is 179 Å². The Labute approximate surface area is 458 Å². The molecule has 0 aliphatic carbocycles. The molecule has 0 spiro atoms. The first-order chi connectivity index (χ1) is 38.7. The van der Waals surface area contributed by atoms with Gasteiger partial charge in [0.05, 0.1) is 0 Å². The molecule has 0 aliphatic rings. The molecule has 0 N–H and O–H groups in total. The number of hydrogen-bond donors (Lipinski definition) is 0. The van der Waals surface area contributed by atoms with Crippen LogP contribution < -0.4 is 19.6 Å². The quantitative estimate of drug-likeness (QED) is 0.0894. The molecule has 0 aliphatic heterocycles. The summed E-state index contributed by atoms with van der Waals surface area (Å²) >= 11 is 0. The molecule has 0 radical (unpaired) electrons. The first-order valence-electron chi connectivity index (χ1n) is 26.5. The second-order valence-corrected chi connectivity index (χ2v) is 19.0. The van der Waals surface area contributed by atoms with E-state index in [1.54, 1.807) is 0 Å². The molecular weight excluding hydrogens is 945 g/mol. The molecule has 12 aromatic carbocycles. The lowest BCUT2D eigenvalue weighted by atomic mass is 9.85. The lowest BCUT2D eigenvalue weighted by Crippen LogP contribution is -2.10. The first-order valence-corrected chi connectivity index (χ1v) is 26.5. The highest BCUT2D eigenvalue weighted by Gasteiger charge is 2.22. The summed E-state index contributed by atoms with van der Waals surface area (Å²) in [5.74, 6) is 0. The highest BCUT2D eigenvalue weighted by molar-refractivity contribution is 6.05. The molecule has 0 bridgehead atoms. The van der Waals surface area contributed by atoms with Gasteiger partial charge in [-0.1, -0.05) is 194 Å². The van der Waals surface area contributed by atoms with E-state index in [0.29, 0.717) is 0 Å². The largest absolute Gasteiger partial charge is 0.311 e. The van der Waals surface area contributed by atoms with E-state index in [1.165, 1.54) is 0 Å². The second kappa shape index (κ2) is 23.0. The third-order valence-corrected chi connectivity index (χ3v) is 14.0. The Bertz CT molecular complexity index is 3150. The topological polar surface area (TPSA) is 13.0 Å². The standard InChI is InChI=1S/C74H56N4/c1-9-25-61(26-10-1)75(62-27-11-2-12-28-62)69-49-41-57(42-50-69)73(58-43-51-70(52-44-58)76(63-29-13-3-14-30-63)64-31-15-4-16-32-64)74(59-45-53-71(54-46-59)77(65-33-17-5-18-34-65)66-35-19-6-20-36-66)60-47-55-72(56-48-60)78(67-37-21-7-22-38-67)68-39-23-8-24-40-68/h1-56H. The number of hydrogen-bond acceptors (Lipinski definition) is 4. The summed E-state index contributed by atoms with van der Waals surface area (Å²) in [6, 6.07) is 121. The molecule has 0 atom stereocenters. The lowest BCUT2D eigenvalue weighted by molar-refractivity contribution is 1.27. The van der Waals surface area contributed by atoms with Crippen LogP contribution in [0.1, 0.15) is 22.3 Å². The summed E-state index contributed by atoms with van der Waals surface area (Å²) in [7, 11) is 0. The van der Waals surface area contributed by atoms with Gasteiger partial charge in [-0.15, -0.1) is 0 Å². The van der Waals surface area contributed by atoms with Gasteiger partial charge in [0.1, 0.15) is 0 Å². The fourth-order valence-corrected chi connectivity index (χ4v) is 10.4. The van der Waals surface area contributed by atoms with Gasteiger partial charge in [0.15, 0.2) is 0 Å². The maximum Gasteiger partial charge on any atom is 0.0462 e. The van der Waals surface area contributed by atoms with Crippen molar-refractivity contribution in [1.82, 2.24) is 0 Å². The number of para-hydroxylation sites is 8. The van der Waals surface area contributed by atoms with Gasteiger partial charge in [0.25, 0.3) is 0 Å². The summed E-state index contributed by atoms with van der Waals surface area (Å²) in [6.45, 7) is 0. The zero-order valence-electron chi connectivity index (χ0n) is 43.1. The molecule has 0 fully saturated rings. The van der Waals surface area contributed by atoms with Crippen LogP contribution in [-0.2, 0) is 0 Å². The Morgan fingerprint density at radius 2 is 0.244 bits per heavy atom. The van der Waals surface area contributed by atoms with Crippen molar-refractivity contribution in [3.63, 3.8) is 0 Å². The van der Waals surface area contributed by atoms with Crippen LogP contribution >= 0.6 is 0 Å². The van der Waals surface area contributed by atoms with Crippen molar-refractivity contribution in [2.45, 2.75) is 0 Å². The van der Waals surface area contributed by atoms with Crippen molar-refractivity contribution in [2.24, 2.45) is 0 Å². The molecule has 4 nitrogen and oxygen atoms in total. The second-order valence-electron chi connectivity index (χ2n) is 19.0. The Balaban J connectivity index is 1.07. The fourth-order valence-electron chi connectivity index (χ4n) is 10.4. The van der Waals surface area contributed by atoms with E-state index in [0.717, 1.165) is 102 Å². The van der Waals surface area contributed by atoms with Crippen molar-refractivity contribution < 1.29 is 0 Å². The molecule has 0 aromatic heterocycles. The normalized spacial score (nSPS) is 10.8. The van der Waals surface area contributed by atoms with Crippen LogP contribution in [0.3, 0.4) is 0 Å². The van der Waals surface area contributed by atoms with E-state index < -0.39 is 0 Å². The fraction of sp³-hybridized carbons (Fsp3) is 0. The predicted octanol–water partition coefficient (Wildman–Crippen LogP) is 20.6. The Hall–Kier alpha value is -10.4. The van der Waals surface area contributed by atoms with Crippen molar-refractivity contribution in [3.8, 4) is 0 Å². The summed E-state index contributed by atoms with van der Waals surface area (Å²) in [4.78, 5) is 9.27. The highest BCUT2D eigenvalue weighted by Crippen LogP contribution is 2.44. The van der Waals surface area contributed by atoms with Crippen LogP contribution in [0.25, 0.3) is 11.1 Å². The van der Waals surface area contributed by atoms with E-state index in [9.17, 15) is 0 Å². The van der Waals surface area contributed by atoms with Crippen molar-refractivity contribution in [1.29, 1.82) is 0 Å². The van der Waals surface area contributed by atoms with Crippen molar-refractivity contribution >= 4 is 79.4 Å². The Morgan fingerprint density at radius 3 is 0.372 bits per heavy atom. The molecule has 4 heteroatoms. The van der Waals surface area contributed by atoms with Crippen molar-refractivity contribution in [3.05, 3.63) is 362 Å². The molecule has 0 saturated heterocycles. The Kier molecular flexibility index (Phi) is 14.3. The molecule has 78 heavy (non-hydrogen) atoms. The molecule has 0 saturated carbocycles. The lowest BCUT2D eigenvalue weighted by Gasteiger charge is -2.27. The molecular formula is C74H56N4. The molecule has 0 heterocycles. The summed E-state index contributed by atoms with van der Waals surface area (Å²) in [5, 5.41) is 0. The van der Waals surface area contributed by atoms with Gasteiger partial charge < -0.3 is 19.6 Å². The van der Waals surface area contributed by atoms with Gasteiger partial charge in [-0.2, -0.15) is 0 Å². The van der Waals surface area contributed by atoms with Gasteiger partial charge in [0.2, 0.25) is 0 Å². The zero-order valence-corrected chi connectivity index (χ0v) is 43.1. The van der Waals surface area contributed by atoms with Gasteiger partial charge >= 0.3 is 0 Å². The van der Waals surface area contributed by atoms with Crippen LogP contribution in [0, 0.1) is 0 Å². The van der Waals surface area contributed by atoms with E-state index in [1.807, 2.05) is 0 Å². The average molecular weight is 1000 g/mol. The van der Waals surface area contributed by atoms with Crippen LogP contribution in [0.2, 0.25) is 0 Å². The maximum atomic E-state index is 2.32. The highest BCUT2D eigenvalue weighted by atomic mass is 15.2. The smallest absolute Gasteiger partial charge is 0.0462 e. The number of nitrogens with zero attached hydrogens (tertiary/aromatic N) is 4. The van der Waals surface area contributed by atoms with Gasteiger partial charge in [0, 0.05) is 68.2 Å². The summed E-state index contributed by atoms with van der Waals surface area (Å²) in [6.07, 6.45) is 0. The van der Waals surface area contributed by atoms with Gasteiger partial charge in [-0.25, -0.2) is 0 Å². The molecule has 0 amide bonds. The molecule has 12 rings (SSSR count). The number of benzene rings is 12. The third kappa shape index (κ3) is 10.5. The number of anilines is 12. The van der Waals surface area contributed by atoms with Crippen LogP contribution in [0.4, 0.5) is 68.2 Å². The van der Waals surface area contributed by atoms with Crippen LogP contribution in [-0.4, -0.2) is 0 Å². The first kappa shape index (κ1) is 48.5. The monoisotopic (exact) mass is 1000 g/mol. The molecule has 12 aromatic rings. The van der Waals surface area contributed by atoms with E-state index in [2.05, 4.69) is 359 Å². The van der Waals surface area contributed by atoms with E-state index >= 15 is 0 Å². The van der Waals surface area contributed by atoms with E-state index in [4.69, 9.17) is 0 Å². The van der Waals surface area contributed by atoms with Crippen molar-refractivity contribution in [2.75, 3.05) is 19.6 Å². The summed E-state index contributed by atoms with van der Waals surface area (Å²) in [5.41, 5.74) is 19.5. The molecule has 372 valence electrons. The predicted molar refractivity (Wildman–Crippen MR) is 330 cm³/mol.